The molecule has 0 aromatic heterocycles. The standard InChI is InChI=1S/C16H22N2O4S/c1-10-6-11(2)15(12(3)7-10)23(20,21)17-8-14-9-18(13-4-5-13)16(19)22-14/h6-7,13-14,17H,4-5,8-9H2,1-3H3. The third kappa shape index (κ3) is 3.35. The number of carbonyl (C=O) groups is 1. The van der Waals surface area contributed by atoms with Crippen molar-refractivity contribution in [1.82, 2.24) is 9.62 Å². The van der Waals surface area contributed by atoms with Gasteiger partial charge in [0.05, 0.1) is 11.4 Å². The van der Waals surface area contributed by atoms with Gasteiger partial charge in [0.25, 0.3) is 0 Å². The van der Waals surface area contributed by atoms with E-state index in [0.29, 0.717) is 11.4 Å². The van der Waals surface area contributed by atoms with Crippen LogP contribution in [0.15, 0.2) is 17.0 Å². The first kappa shape index (κ1) is 16.3. The number of cyclic esters (lactones) is 1. The van der Waals surface area contributed by atoms with E-state index in [4.69, 9.17) is 4.74 Å². The van der Waals surface area contributed by atoms with Crippen LogP contribution < -0.4 is 4.72 Å². The molecule has 1 heterocycles. The van der Waals surface area contributed by atoms with Gasteiger partial charge in [0, 0.05) is 12.6 Å². The van der Waals surface area contributed by atoms with Crippen LogP contribution >= 0.6 is 0 Å². The minimum absolute atomic E-state index is 0.101. The van der Waals surface area contributed by atoms with Gasteiger partial charge in [0.2, 0.25) is 10.0 Å². The lowest BCUT2D eigenvalue weighted by atomic mass is 10.1. The fraction of sp³-hybridized carbons (Fsp3) is 0.562. The minimum Gasteiger partial charge on any atom is -0.443 e. The monoisotopic (exact) mass is 338 g/mol. The number of amides is 1. The van der Waals surface area contributed by atoms with Gasteiger partial charge in [-0.3, -0.25) is 0 Å². The van der Waals surface area contributed by atoms with Gasteiger partial charge < -0.3 is 9.64 Å². The topological polar surface area (TPSA) is 75.7 Å². The first-order valence-corrected chi connectivity index (χ1v) is 9.31. The molecule has 2 fully saturated rings. The van der Waals surface area contributed by atoms with Crippen molar-refractivity contribution in [3.05, 3.63) is 28.8 Å². The van der Waals surface area contributed by atoms with Gasteiger partial charge in [-0.1, -0.05) is 17.7 Å². The fourth-order valence-electron chi connectivity index (χ4n) is 3.20. The average molecular weight is 338 g/mol. The zero-order chi connectivity index (χ0) is 16.8. The van der Waals surface area contributed by atoms with Gasteiger partial charge in [-0.25, -0.2) is 17.9 Å². The Bertz CT molecular complexity index is 717. The number of aryl methyl sites for hydroxylation is 3. The molecule has 6 nitrogen and oxygen atoms in total. The number of sulfonamides is 1. The third-order valence-electron chi connectivity index (χ3n) is 4.26. The van der Waals surface area contributed by atoms with Crippen molar-refractivity contribution in [2.45, 2.75) is 50.7 Å². The predicted molar refractivity (Wildman–Crippen MR) is 85.8 cm³/mol. The van der Waals surface area contributed by atoms with E-state index in [0.717, 1.165) is 29.5 Å². The highest BCUT2D eigenvalue weighted by Gasteiger charge is 2.41. The van der Waals surface area contributed by atoms with E-state index in [1.54, 1.807) is 18.7 Å². The van der Waals surface area contributed by atoms with Crippen LogP contribution in [0.2, 0.25) is 0 Å². The molecule has 0 spiro atoms. The van der Waals surface area contributed by atoms with E-state index in [1.807, 2.05) is 19.1 Å². The number of ether oxygens (including phenoxy) is 1. The lowest BCUT2D eigenvalue weighted by Gasteiger charge is -2.15. The maximum atomic E-state index is 12.6. The minimum atomic E-state index is -3.63. The molecule has 1 aliphatic carbocycles. The summed E-state index contributed by atoms with van der Waals surface area (Å²) < 4.78 is 33.0. The second-order valence-electron chi connectivity index (χ2n) is 6.47. The molecule has 23 heavy (non-hydrogen) atoms. The van der Waals surface area contributed by atoms with Crippen LogP contribution in [0.5, 0.6) is 0 Å². The highest BCUT2D eigenvalue weighted by molar-refractivity contribution is 7.89. The summed E-state index contributed by atoms with van der Waals surface area (Å²) in [5.41, 5.74) is 2.47. The first-order chi connectivity index (χ1) is 10.8. The van der Waals surface area contributed by atoms with Gasteiger partial charge in [-0.05, 0) is 44.7 Å². The van der Waals surface area contributed by atoms with Crippen molar-refractivity contribution in [2.75, 3.05) is 13.1 Å². The second kappa shape index (κ2) is 5.79. The molecular formula is C16H22N2O4S. The molecule has 7 heteroatoms. The molecule has 1 unspecified atom stereocenters. The number of carbonyl (C=O) groups excluding carboxylic acids is 1. The van der Waals surface area contributed by atoms with Crippen molar-refractivity contribution in [3.8, 4) is 0 Å². The Morgan fingerprint density at radius 3 is 2.39 bits per heavy atom. The van der Waals surface area contributed by atoms with Crippen molar-refractivity contribution in [3.63, 3.8) is 0 Å². The predicted octanol–water partition coefficient (Wildman–Crippen LogP) is 1.87. The SMILES string of the molecule is Cc1cc(C)c(S(=O)(=O)NCC2CN(C3CC3)C(=O)O2)c(C)c1. The Morgan fingerprint density at radius 1 is 1.22 bits per heavy atom. The van der Waals surface area contributed by atoms with Gasteiger partial charge in [0.15, 0.2) is 0 Å². The Labute approximate surface area is 136 Å². The quantitative estimate of drug-likeness (QED) is 0.889. The molecule has 1 amide bonds. The maximum Gasteiger partial charge on any atom is 0.410 e. The average Bonchev–Trinajstić information content (AvgIpc) is 3.19. The van der Waals surface area contributed by atoms with Gasteiger partial charge >= 0.3 is 6.09 Å². The summed E-state index contributed by atoms with van der Waals surface area (Å²) in [6.07, 6.45) is 1.26. The summed E-state index contributed by atoms with van der Waals surface area (Å²) in [6.45, 7) is 6.08. The van der Waals surface area contributed by atoms with Crippen LogP contribution in [0.1, 0.15) is 29.5 Å². The number of rotatable bonds is 5. The normalized spacial score (nSPS) is 21.6. The summed E-state index contributed by atoms with van der Waals surface area (Å²) >= 11 is 0. The second-order valence-corrected chi connectivity index (χ2v) is 8.17. The zero-order valence-corrected chi connectivity index (χ0v) is 14.4. The van der Waals surface area contributed by atoms with E-state index in [1.165, 1.54) is 0 Å². The molecular weight excluding hydrogens is 316 g/mol. The molecule has 1 aliphatic heterocycles. The number of hydrogen-bond acceptors (Lipinski definition) is 4. The van der Waals surface area contributed by atoms with Crippen molar-refractivity contribution >= 4 is 16.1 Å². The Balaban J connectivity index is 1.69. The van der Waals surface area contributed by atoms with E-state index in [2.05, 4.69) is 4.72 Å². The number of nitrogens with one attached hydrogen (secondary N) is 1. The summed E-state index contributed by atoms with van der Waals surface area (Å²) in [6, 6.07) is 3.99. The third-order valence-corrected chi connectivity index (χ3v) is 5.99. The zero-order valence-electron chi connectivity index (χ0n) is 13.6. The van der Waals surface area contributed by atoms with Crippen LogP contribution in [0, 0.1) is 20.8 Å². The van der Waals surface area contributed by atoms with Crippen LogP contribution in [-0.2, 0) is 14.8 Å². The maximum absolute atomic E-state index is 12.6. The molecule has 0 radical (unpaired) electrons. The van der Waals surface area contributed by atoms with Crippen molar-refractivity contribution in [2.24, 2.45) is 0 Å². The smallest absolute Gasteiger partial charge is 0.410 e. The Hall–Kier alpha value is -1.60. The van der Waals surface area contributed by atoms with Gasteiger partial charge in [0.1, 0.15) is 6.10 Å². The molecule has 2 aliphatic rings. The van der Waals surface area contributed by atoms with Crippen LogP contribution in [0.4, 0.5) is 4.79 Å². The lowest BCUT2D eigenvalue weighted by Crippen LogP contribution is -2.35. The molecule has 1 aromatic rings. The Kier molecular flexibility index (Phi) is 4.10. The van der Waals surface area contributed by atoms with Crippen molar-refractivity contribution in [1.29, 1.82) is 0 Å². The van der Waals surface area contributed by atoms with Crippen LogP contribution in [0.25, 0.3) is 0 Å². The van der Waals surface area contributed by atoms with Crippen molar-refractivity contribution < 1.29 is 17.9 Å². The molecule has 0 bridgehead atoms. The molecule has 1 N–H and O–H groups in total. The number of benzene rings is 1. The number of hydrogen-bond donors (Lipinski definition) is 1. The summed E-state index contributed by atoms with van der Waals surface area (Å²) in [5, 5.41) is 0. The molecule has 1 aromatic carbocycles. The summed E-state index contributed by atoms with van der Waals surface area (Å²) in [5.74, 6) is 0. The fourth-order valence-corrected chi connectivity index (χ4v) is 4.71. The van der Waals surface area contributed by atoms with E-state index in [-0.39, 0.29) is 18.7 Å². The molecule has 1 saturated carbocycles. The van der Waals surface area contributed by atoms with Gasteiger partial charge in [-0.2, -0.15) is 0 Å². The van der Waals surface area contributed by atoms with Crippen LogP contribution in [-0.4, -0.2) is 44.6 Å². The molecule has 126 valence electrons. The summed E-state index contributed by atoms with van der Waals surface area (Å²) in [7, 11) is -3.63. The highest BCUT2D eigenvalue weighted by Crippen LogP contribution is 2.30. The van der Waals surface area contributed by atoms with E-state index >= 15 is 0 Å². The highest BCUT2D eigenvalue weighted by atomic mass is 32.2. The van der Waals surface area contributed by atoms with E-state index in [9.17, 15) is 13.2 Å². The van der Waals surface area contributed by atoms with Gasteiger partial charge in [-0.15, -0.1) is 0 Å². The first-order valence-electron chi connectivity index (χ1n) is 7.82. The molecule has 1 atom stereocenters. The lowest BCUT2D eigenvalue weighted by molar-refractivity contribution is 0.133. The molecule has 1 saturated heterocycles. The largest absolute Gasteiger partial charge is 0.443 e. The Morgan fingerprint density at radius 2 is 1.83 bits per heavy atom. The van der Waals surface area contributed by atoms with E-state index < -0.39 is 16.1 Å². The van der Waals surface area contributed by atoms with Crippen LogP contribution in [0.3, 0.4) is 0 Å². The summed E-state index contributed by atoms with van der Waals surface area (Å²) in [4.78, 5) is 13.7. The molecule has 3 rings (SSSR count). The number of nitrogens with zero attached hydrogens (tertiary/aromatic N) is 1.